The van der Waals surface area contributed by atoms with Crippen LogP contribution in [0.5, 0.6) is 0 Å². The first-order valence-corrected chi connectivity index (χ1v) is 19.4. The van der Waals surface area contributed by atoms with Gasteiger partial charge in [0.15, 0.2) is 35.2 Å². The summed E-state index contributed by atoms with van der Waals surface area (Å²) < 4.78 is 45.1. The minimum absolute atomic E-state index is 0.0948. The van der Waals surface area contributed by atoms with Crippen molar-refractivity contribution < 1.29 is 57.2 Å². The fourth-order valence-corrected chi connectivity index (χ4v) is 6.12. The highest BCUT2D eigenvalue weighted by molar-refractivity contribution is 6.29. The molecule has 1 unspecified atom stereocenters. The third kappa shape index (κ3) is 11.4. The molecule has 0 spiro atoms. The molecule has 1 aliphatic rings. The lowest BCUT2D eigenvalue weighted by atomic mass is 9.90. The molecule has 3 aromatic rings. The maximum absolute atomic E-state index is 16.0. The molecule has 17 nitrogen and oxygen atoms in total. The highest BCUT2D eigenvalue weighted by atomic mass is 35.5. The van der Waals surface area contributed by atoms with E-state index in [1.54, 1.807) is 72.7 Å². The van der Waals surface area contributed by atoms with Gasteiger partial charge in [0.1, 0.15) is 23.4 Å². The topological polar surface area (TPSA) is 211 Å². The molecule has 4 rings (SSSR count). The molecule has 318 valence electrons. The molecule has 1 saturated heterocycles. The zero-order valence-electron chi connectivity index (χ0n) is 33.5. The summed E-state index contributed by atoms with van der Waals surface area (Å²) in [6.07, 6.45) is -7.10. The number of carbonyl (C=O) groups excluding carboxylic acids is 5. The molecule has 1 fully saturated rings. The van der Waals surface area contributed by atoms with Gasteiger partial charge in [-0.1, -0.05) is 12.1 Å². The monoisotopic (exact) mass is 854 g/mol. The average Bonchev–Trinajstić information content (AvgIpc) is 3.65. The second-order valence-corrected chi connectivity index (χ2v) is 16.1. The van der Waals surface area contributed by atoms with Crippen molar-refractivity contribution in [1.82, 2.24) is 19.5 Å². The molecule has 0 aliphatic carbocycles. The van der Waals surface area contributed by atoms with E-state index >= 15 is 4.39 Å². The van der Waals surface area contributed by atoms with E-state index in [0.29, 0.717) is 34.9 Å². The minimum Gasteiger partial charge on any atom is -0.463 e. The van der Waals surface area contributed by atoms with Crippen molar-refractivity contribution in [3.05, 3.63) is 41.4 Å². The number of imidazole rings is 1. The van der Waals surface area contributed by atoms with Crippen LogP contribution in [0, 0.1) is 0 Å². The normalized spacial score (nSPS) is 19.3. The SMILES string of the molecule is CCOC(=O)C(Cc1ccc(NC(=O)CCCCCl)cc1)(OC[C@H]1O[C@@H](n2cnc3c(N(C(=O)OC(C)(C)C)C(=O)OC(C)(C)C)nc(Cl)nc32)[C@@H](F)[C@@H]1O)C(C)=O. The largest absolute Gasteiger partial charge is 0.463 e. The Morgan fingerprint density at radius 2 is 1.62 bits per heavy atom. The van der Waals surface area contributed by atoms with Gasteiger partial charge in [-0.15, -0.1) is 11.6 Å². The smallest absolute Gasteiger partial charge is 0.425 e. The van der Waals surface area contributed by atoms with Crippen LogP contribution in [0.1, 0.15) is 86.4 Å². The number of imide groups is 1. The molecule has 20 heteroatoms. The van der Waals surface area contributed by atoms with Crippen LogP contribution in [0.25, 0.3) is 11.2 Å². The number of carbonyl (C=O) groups is 5. The number of anilines is 2. The van der Waals surface area contributed by atoms with Crippen molar-refractivity contribution in [1.29, 1.82) is 0 Å². The van der Waals surface area contributed by atoms with Crippen LogP contribution in [0.15, 0.2) is 30.6 Å². The number of fused-ring (bicyclic) bond motifs is 1. The van der Waals surface area contributed by atoms with Gasteiger partial charge in [0.05, 0.1) is 19.5 Å². The van der Waals surface area contributed by atoms with Gasteiger partial charge in [-0.3, -0.25) is 14.2 Å². The Hall–Kier alpha value is -4.49. The molecular formula is C38H49Cl2FN6O11. The molecule has 1 aliphatic heterocycles. The van der Waals surface area contributed by atoms with Gasteiger partial charge >= 0.3 is 18.2 Å². The Balaban J connectivity index is 1.62. The first-order valence-electron chi connectivity index (χ1n) is 18.5. The molecule has 2 aromatic heterocycles. The highest BCUT2D eigenvalue weighted by Gasteiger charge is 2.51. The Bertz CT molecular complexity index is 1940. The number of aliphatic hydroxyl groups excluding tert-OH is 1. The van der Waals surface area contributed by atoms with Crippen LogP contribution < -0.4 is 10.2 Å². The summed E-state index contributed by atoms with van der Waals surface area (Å²) in [7, 11) is 0. The summed E-state index contributed by atoms with van der Waals surface area (Å²) in [6.45, 7) is 11.4. The third-order valence-corrected chi connectivity index (χ3v) is 8.89. The van der Waals surface area contributed by atoms with E-state index in [-0.39, 0.29) is 36.5 Å². The number of halogens is 3. The van der Waals surface area contributed by atoms with Crippen molar-refractivity contribution in [2.45, 2.75) is 122 Å². The van der Waals surface area contributed by atoms with Crippen LogP contribution in [0.3, 0.4) is 0 Å². The first-order chi connectivity index (χ1) is 27.1. The molecule has 0 saturated carbocycles. The Labute approximate surface area is 344 Å². The number of esters is 1. The maximum atomic E-state index is 16.0. The minimum atomic E-state index is -2.24. The van der Waals surface area contributed by atoms with E-state index < -0.39 is 83.1 Å². The zero-order chi connectivity index (χ0) is 43.2. The number of ketones is 1. The number of amides is 3. The molecule has 0 bridgehead atoms. The molecule has 58 heavy (non-hydrogen) atoms. The summed E-state index contributed by atoms with van der Waals surface area (Å²) in [4.78, 5) is 78.7. The number of alkyl halides is 2. The number of rotatable bonds is 15. The number of Topliss-reactive ketones (excluding diaryl/α,β-unsaturated/α-hetero) is 1. The summed E-state index contributed by atoms with van der Waals surface area (Å²) in [6, 6.07) is 6.40. The van der Waals surface area contributed by atoms with Crippen LogP contribution in [0.4, 0.5) is 25.5 Å². The predicted molar refractivity (Wildman–Crippen MR) is 209 cm³/mol. The number of nitrogens with one attached hydrogen (secondary N) is 1. The van der Waals surface area contributed by atoms with E-state index in [4.69, 9.17) is 46.9 Å². The number of benzene rings is 1. The van der Waals surface area contributed by atoms with Crippen LogP contribution in [-0.2, 0) is 44.5 Å². The number of hydrogen-bond acceptors (Lipinski definition) is 14. The van der Waals surface area contributed by atoms with Crippen molar-refractivity contribution >= 4 is 75.7 Å². The second-order valence-electron chi connectivity index (χ2n) is 15.4. The van der Waals surface area contributed by atoms with Gasteiger partial charge in [-0.25, -0.2) is 23.8 Å². The average molecular weight is 856 g/mol. The van der Waals surface area contributed by atoms with Crippen LogP contribution in [-0.4, -0.2) is 109 Å². The fraction of sp³-hybridized carbons (Fsp3) is 0.579. The summed E-state index contributed by atoms with van der Waals surface area (Å²) in [5.74, 6) is -1.94. The molecule has 2 N–H and O–H groups in total. The lowest BCUT2D eigenvalue weighted by Crippen LogP contribution is -2.52. The number of unbranched alkanes of at least 4 members (excludes halogenated alkanes) is 1. The van der Waals surface area contributed by atoms with Gasteiger partial charge in [0.25, 0.3) is 0 Å². The van der Waals surface area contributed by atoms with Gasteiger partial charge < -0.3 is 34.1 Å². The van der Waals surface area contributed by atoms with Crippen molar-refractivity contribution in [3.63, 3.8) is 0 Å². The highest BCUT2D eigenvalue weighted by Crippen LogP contribution is 2.37. The van der Waals surface area contributed by atoms with E-state index in [9.17, 15) is 29.1 Å². The van der Waals surface area contributed by atoms with E-state index in [2.05, 4.69) is 20.3 Å². The number of hydrogen-bond donors (Lipinski definition) is 2. The number of aromatic nitrogens is 4. The standard InChI is InChI=1S/C38H49Cl2FN6O11/c1-9-54-32(51)38(21(2)48,18-22-13-15-23(16-14-22)43-25(49)12-10-11-17-39)55-19-24-28(50)26(41)31(56-24)46-20-42-27-29(46)44-33(40)45-30(27)47(34(52)57-36(3,4)5)35(53)58-37(6,7)8/h13-16,20,24,26,28,31,50H,9-12,17-19H2,1-8H3,(H,43,49)/t24-,26+,28-,31-,38?/m1/s1. The fourth-order valence-electron chi connectivity index (χ4n) is 5.77. The first kappa shape index (κ1) is 46.2. The van der Waals surface area contributed by atoms with E-state index in [1.807, 2.05) is 0 Å². The van der Waals surface area contributed by atoms with Crippen molar-refractivity contribution in [3.8, 4) is 0 Å². The number of aliphatic hydroxyl groups is 1. The lowest BCUT2D eigenvalue weighted by Gasteiger charge is -2.30. The van der Waals surface area contributed by atoms with Gasteiger partial charge in [-0.2, -0.15) is 14.9 Å². The molecule has 5 atom stereocenters. The van der Waals surface area contributed by atoms with E-state index in [0.717, 1.165) is 17.8 Å². The summed E-state index contributed by atoms with van der Waals surface area (Å²) in [5, 5.41) is 13.3. The van der Waals surface area contributed by atoms with Crippen molar-refractivity contribution in [2.75, 3.05) is 29.3 Å². The zero-order valence-corrected chi connectivity index (χ0v) is 35.1. The third-order valence-electron chi connectivity index (χ3n) is 8.45. The van der Waals surface area contributed by atoms with Crippen LogP contribution in [0.2, 0.25) is 5.28 Å². The second kappa shape index (κ2) is 19.1. The maximum Gasteiger partial charge on any atom is 0.425 e. The Morgan fingerprint density at radius 3 is 2.17 bits per heavy atom. The molecular weight excluding hydrogens is 806 g/mol. The predicted octanol–water partition coefficient (Wildman–Crippen LogP) is 6.25. The Kier molecular flexibility index (Phi) is 15.2. The van der Waals surface area contributed by atoms with E-state index in [1.165, 1.54) is 0 Å². The summed E-state index contributed by atoms with van der Waals surface area (Å²) in [5.41, 5.74) is -3.81. The van der Waals surface area contributed by atoms with Gasteiger partial charge in [0, 0.05) is 24.4 Å². The molecule has 1 aromatic carbocycles. The molecule has 3 heterocycles. The van der Waals surface area contributed by atoms with Crippen molar-refractivity contribution in [2.24, 2.45) is 0 Å². The molecule has 0 radical (unpaired) electrons. The summed E-state index contributed by atoms with van der Waals surface area (Å²) >= 11 is 12.0. The number of nitrogens with zero attached hydrogens (tertiary/aromatic N) is 5. The Morgan fingerprint density at radius 1 is 1.00 bits per heavy atom. The van der Waals surface area contributed by atoms with Crippen LogP contribution >= 0.6 is 23.2 Å². The molecule has 3 amide bonds. The van der Waals surface area contributed by atoms with Gasteiger partial charge in [-0.05, 0) is 97.5 Å². The quantitative estimate of drug-likeness (QED) is 0.0432. The van der Waals surface area contributed by atoms with Gasteiger partial charge in [0.2, 0.25) is 16.8 Å². The lowest BCUT2D eigenvalue weighted by molar-refractivity contribution is -0.183. The number of ether oxygens (including phenoxy) is 5.